The Kier molecular flexibility index (Phi) is 6.28. The smallest absolute Gasteiger partial charge is 0.276 e. The average molecular weight is 392 g/mol. The number of nitrogens with one attached hydrogen (secondary N) is 4. The molecule has 7 nitrogen and oxygen atoms in total. The molecule has 0 unspecified atom stereocenters. The largest absolute Gasteiger partial charge is 0.325 e. The summed E-state index contributed by atoms with van der Waals surface area (Å²) in [5.41, 5.74) is 4.08. The van der Waals surface area contributed by atoms with Crippen LogP contribution in [0.15, 0.2) is 18.2 Å². The predicted octanol–water partition coefficient (Wildman–Crippen LogP) is 3.02. The summed E-state index contributed by atoms with van der Waals surface area (Å²) in [5.74, 6) is -0.334. The molecule has 0 fully saturated rings. The first-order chi connectivity index (χ1) is 12.3. The van der Waals surface area contributed by atoms with Gasteiger partial charge in [0, 0.05) is 47.6 Å². The highest BCUT2D eigenvalue weighted by atomic mass is 35.5. The molecular weight excluding hydrogens is 366 g/mol. The molecule has 2 aromatic rings. The van der Waals surface area contributed by atoms with Gasteiger partial charge in [-0.2, -0.15) is 5.10 Å². The lowest BCUT2D eigenvalue weighted by atomic mass is 9.95. The Morgan fingerprint density at radius 3 is 2.63 bits per heavy atom. The third kappa shape index (κ3) is 4.67. The minimum Gasteiger partial charge on any atom is -0.325 e. The lowest BCUT2D eigenvalue weighted by Gasteiger charge is -2.19. The molecule has 0 saturated heterocycles. The van der Waals surface area contributed by atoms with Gasteiger partial charge < -0.3 is 16.0 Å². The fraction of sp³-hybridized carbons (Fsp3) is 0.421. The Hall–Kier alpha value is -2.38. The molecule has 4 N–H and O–H groups in total. The van der Waals surface area contributed by atoms with E-state index in [4.69, 9.17) is 0 Å². The van der Waals surface area contributed by atoms with Gasteiger partial charge in [-0.3, -0.25) is 14.7 Å². The van der Waals surface area contributed by atoms with Gasteiger partial charge in [-0.15, -0.1) is 12.4 Å². The normalized spacial score (nSPS) is 13.3. The van der Waals surface area contributed by atoms with Crippen molar-refractivity contribution in [2.24, 2.45) is 5.41 Å². The first kappa shape index (κ1) is 20.9. The molecule has 2 amide bonds. The van der Waals surface area contributed by atoms with Crippen molar-refractivity contribution in [1.82, 2.24) is 15.5 Å². The van der Waals surface area contributed by atoms with Crippen molar-refractivity contribution in [3.8, 4) is 0 Å². The molecular formula is C19H26ClN5O2. The van der Waals surface area contributed by atoms with E-state index >= 15 is 0 Å². The molecule has 0 atom stereocenters. The van der Waals surface area contributed by atoms with Crippen molar-refractivity contribution in [3.05, 3.63) is 40.7 Å². The van der Waals surface area contributed by atoms with Crippen molar-refractivity contribution in [2.75, 3.05) is 17.2 Å². The standard InChI is InChI=1S/C19H25N5O2.ClH/c1-11-5-6-12(9-15(11)22-18(26)19(2,3)4)21-17(25)16-13-10-20-8-7-14(13)23-24-16;/h5-6,9,20H,7-8,10H2,1-4H3,(H,21,25)(H,22,26)(H,23,24);1H. The number of benzene rings is 1. The summed E-state index contributed by atoms with van der Waals surface area (Å²) >= 11 is 0. The molecule has 146 valence electrons. The van der Waals surface area contributed by atoms with Crippen LogP contribution in [0.3, 0.4) is 0 Å². The van der Waals surface area contributed by atoms with Crippen LogP contribution in [0.25, 0.3) is 0 Å². The van der Waals surface area contributed by atoms with Crippen molar-refractivity contribution in [1.29, 1.82) is 0 Å². The Morgan fingerprint density at radius 2 is 1.93 bits per heavy atom. The zero-order valence-electron chi connectivity index (χ0n) is 16.0. The predicted molar refractivity (Wildman–Crippen MR) is 108 cm³/mol. The third-order valence-electron chi connectivity index (χ3n) is 4.45. The minimum atomic E-state index is -0.493. The summed E-state index contributed by atoms with van der Waals surface area (Å²) in [4.78, 5) is 24.9. The lowest BCUT2D eigenvalue weighted by molar-refractivity contribution is -0.123. The molecule has 0 saturated carbocycles. The van der Waals surface area contributed by atoms with Crippen molar-refractivity contribution < 1.29 is 9.59 Å². The van der Waals surface area contributed by atoms with Crippen LogP contribution < -0.4 is 16.0 Å². The van der Waals surface area contributed by atoms with Crippen LogP contribution in [0.4, 0.5) is 11.4 Å². The first-order valence-electron chi connectivity index (χ1n) is 8.76. The van der Waals surface area contributed by atoms with Crippen molar-refractivity contribution in [3.63, 3.8) is 0 Å². The number of anilines is 2. The second-order valence-electron chi connectivity index (χ2n) is 7.64. The molecule has 0 spiro atoms. The lowest BCUT2D eigenvalue weighted by Crippen LogP contribution is -2.28. The number of hydrogen-bond acceptors (Lipinski definition) is 4. The Balaban J connectivity index is 0.00000261. The summed E-state index contributed by atoms with van der Waals surface area (Å²) < 4.78 is 0. The van der Waals surface area contributed by atoms with E-state index in [0.29, 0.717) is 23.6 Å². The number of aromatic amines is 1. The van der Waals surface area contributed by atoms with Gasteiger partial charge in [0.1, 0.15) is 0 Å². The van der Waals surface area contributed by atoms with E-state index < -0.39 is 5.41 Å². The van der Waals surface area contributed by atoms with Crippen molar-refractivity contribution in [2.45, 2.75) is 40.7 Å². The van der Waals surface area contributed by atoms with Gasteiger partial charge in [-0.05, 0) is 24.6 Å². The second-order valence-corrected chi connectivity index (χ2v) is 7.64. The van der Waals surface area contributed by atoms with Crippen LogP contribution in [0.1, 0.15) is 48.1 Å². The highest BCUT2D eigenvalue weighted by molar-refractivity contribution is 6.04. The van der Waals surface area contributed by atoms with E-state index in [2.05, 4.69) is 26.1 Å². The highest BCUT2D eigenvalue weighted by Crippen LogP contribution is 2.24. The number of amides is 2. The van der Waals surface area contributed by atoms with E-state index in [1.807, 2.05) is 39.8 Å². The second kappa shape index (κ2) is 8.10. The molecule has 0 bridgehead atoms. The summed E-state index contributed by atoms with van der Waals surface area (Å²) in [7, 11) is 0. The van der Waals surface area contributed by atoms with Gasteiger partial charge in [0.25, 0.3) is 5.91 Å². The Bertz CT molecular complexity index is 854. The van der Waals surface area contributed by atoms with Gasteiger partial charge in [0.05, 0.1) is 0 Å². The topological polar surface area (TPSA) is 98.9 Å². The number of fused-ring (bicyclic) bond motifs is 1. The quantitative estimate of drug-likeness (QED) is 0.646. The molecule has 8 heteroatoms. The Labute approximate surface area is 165 Å². The van der Waals surface area contributed by atoms with E-state index in [9.17, 15) is 9.59 Å². The maximum Gasteiger partial charge on any atom is 0.276 e. The van der Waals surface area contributed by atoms with Gasteiger partial charge in [0.15, 0.2) is 5.69 Å². The molecule has 1 aliphatic rings. The number of carbonyl (C=O) groups is 2. The first-order valence-corrected chi connectivity index (χ1v) is 8.76. The number of H-pyrrole nitrogens is 1. The van der Waals surface area contributed by atoms with E-state index in [-0.39, 0.29) is 24.2 Å². The number of hydrogen-bond donors (Lipinski definition) is 4. The van der Waals surface area contributed by atoms with Crippen LogP contribution >= 0.6 is 12.4 Å². The zero-order chi connectivity index (χ0) is 18.9. The number of aryl methyl sites for hydroxylation is 1. The highest BCUT2D eigenvalue weighted by Gasteiger charge is 2.23. The number of nitrogens with zero attached hydrogens (tertiary/aromatic N) is 1. The molecule has 0 aliphatic carbocycles. The molecule has 1 aromatic carbocycles. The van der Waals surface area contributed by atoms with E-state index in [1.54, 1.807) is 6.07 Å². The number of carbonyl (C=O) groups excluding carboxylic acids is 2. The third-order valence-corrected chi connectivity index (χ3v) is 4.45. The van der Waals surface area contributed by atoms with E-state index in [0.717, 1.165) is 29.8 Å². The number of rotatable bonds is 3. The van der Waals surface area contributed by atoms with Crippen LogP contribution in [0, 0.1) is 12.3 Å². The van der Waals surface area contributed by atoms with Gasteiger partial charge in [-0.1, -0.05) is 26.8 Å². The SMILES string of the molecule is Cc1ccc(NC(=O)c2n[nH]c3c2CNCC3)cc1NC(=O)C(C)(C)C.Cl. The van der Waals surface area contributed by atoms with Crippen LogP contribution in [0.5, 0.6) is 0 Å². The number of halogens is 1. The minimum absolute atomic E-state index is 0. The Morgan fingerprint density at radius 1 is 1.19 bits per heavy atom. The molecule has 1 aromatic heterocycles. The summed E-state index contributed by atoms with van der Waals surface area (Å²) in [6.07, 6.45) is 0.836. The molecule has 0 radical (unpaired) electrons. The van der Waals surface area contributed by atoms with Crippen molar-refractivity contribution >= 4 is 35.6 Å². The zero-order valence-corrected chi connectivity index (χ0v) is 16.8. The molecule has 3 rings (SSSR count). The summed E-state index contributed by atoms with van der Waals surface area (Å²) in [5, 5.41) is 16.2. The van der Waals surface area contributed by atoms with Gasteiger partial charge in [0.2, 0.25) is 5.91 Å². The fourth-order valence-corrected chi connectivity index (χ4v) is 2.75. The summed E-state index contributed by atoms with van der Waals surface area (Å²) in [6.45, 7) is 9.01. The van der Waals surface area contributed by atoms with Crippen LogP contribution in [0.2, 0.25) is 0 Å². The maximum atomic E-state index is 12.6. The molecule has 27 heavy (non-hydrogen) atoms. The van der Waals surface area contributed by atoms with Crippen LogP contribution in [-0.4, -0.2) is 28.6 Å². The van der Waals surface area contributed by atoms with E-state index in [1.165, 1.54) is 0 Å². The molecule has 2 heterocycles. The van der Waals surface area contributed by atoms with Crippen LogP contribution in [-0.2, 0) is 17.8 Å². The maximum absolute atomic E-state index is 12.6. The number of aromatic nitrogens is 2. The van der Waals surface area contributed by atoms with Gasteiger partial charge in [-0.25, -0.2) is 0 Å². The summed E-state index contributed by atoms with van der Waals surface area (Å²) in [6, 6.07) is 5.46. The van der Waals surface area contributed by atoms with Gasteiger partial charge >= 0.3 is 0 Å². The molecule has 1 aliphatic heterocycles. The monoisotopic (exact) mass is 391 g/mol. The average Bonchev–Trinajstić information content (AvgIpc) is 3.01. The fourth-order valence-electron chi connectivity index (χ4n) is 2.75.